The lowest BCUT2D eigenvalue weighted by molar-refractivity contribution is -0.105. The topological polar surface area (TPSA) is 61.4 Å². The molecule has 1 unspecified atom stereocenters. The summed E-state index contributed by atoms with van der Waals surface area (Å²) in [6.45, 7) is 2.05. The van der Waals surface area contributed by atoms with E-state index in [-0.39, 0.29) is 0 Å². The molecule has 2 aromatic heterocycles. The quantitative estimate of drug-likeness (QED) is 0.619. The summed E-state index contributed by atoms with van der Waals surface area (Å²) in [6, 6.07) is 14.8. The fraction of sp³-hybridized carbons (Fsp3) is 0.318. The number of carbonyl (C=O) groups is 1. The average Bonchev–Trinajstić information content (AvgIpc) is 3.39. The van der Waals surface area contributed by atoms with Gasteiger partial charge in [-0.15, -0.1) is 11.3 Å². The van der Waals surface area contributed by atoms with Gasteiger partial charge in [0.1, 0.15) is 0 Å². The molecule has 0 radical (unpaired) electrons. The van der Waals surface area contributed by atoms with Crippen molar-refractivity contribution in [3.05, 3.63) is 71.5 Å². The molecule has 1 N–H and O–H groups in total. The number of benzene rings is 1. The maximum absolute atomic E-state index is 10.4. The number of rotatable bonds is 6. The molecule has 152 valence electrons. The maximum atomic E-state index is 10.4. The number of para-hydroxylation sites is 1. The Kier molecular flexibility index (Phi) is 7.72. The summed E-state index contributed by atoms with van der Waals surface area (Å²) in [5.74, 6) is 0. The highest BCUT2D eigenvalue weighted by Gasteiger charge is 2.28. The van der Waals surface area contributed by atoms with Gasteiger partial charge in [-0.25, -0.2) is 4.98 Å². The molecule has 1 aromatic carbocycles. The van der Waals surface area contributed by atoms with E-state index in [0.29, 0.717) is 17.6 Å². The molecule has 1 aliphatic rings. The molecule has 1 aliphatic heterocycles. The predicted molar refractivity (Wildman–Crippen MR) is 119 cm³/mol. The Hall–Kier alpha value is -2.77. The van der Waals surface area contributed by atoms with Crippen LogP contribution in [0.2, 0.25) is 0 Å². The van der Waals surface area contributed by atoms with Gasteiger partial charge in [0.15, 0.2) is 5.13 Å². The first-order valence-corrected chi connectivity index (χ1v) is 10.6. The predicted octanol–water partition coefficient (Wildman–Crippen LogP) is 4.20. The van der Waals surface area contributed by atoms with Gasteiger partial charge in [-0.2, -0.15) is 0 Å². The van der Waals surface area contributed by atoms with Gasteiger partial charge in [0.05, 0.1) is 11.7 Å². The number of anilines is 2. The SMILES string of the molecule is CN(C)Cc1ccncc1.O=CNc1nc(C2CCCN2c2ccccc2)cs1. The molecule has 3 heterocycles. The summed E-state index contributed by atoms with van der Waals surface area (Å²) < 4.78 is 0. The summed E-state index contributed by atoms with van der Waals surface area (Å²) in [5, 5.41) is 5.32. The lowest BCUT2D eigenvalue weighted by Crippen LogP contribution is -2.22. The van der Waals surface area contributed by atoms with E-state index < -0.39 is 0 Å². The first-order chi connectivity index (χ1) is 14.2. The molecule has 4 rings (SSSR count). The molecule has 3 aromatic rings. The summed E-state index contributed by atoms with van der Waals surface area (Å²) in [6.07, 6.45) is 6.59. The van der Waals surface area contributed by atoms with E-state index in [1.54, 1.807) is 0 Å². The van der Waals surface area contributed by atoms with Gasteiger partial charge >= 0.3 is 0 Å². The minimum Gasteiger partial charge on any atom is -0.363 e. The minimum absolute atomic E-state index is 0.320. The van der Waals surface area contributed by atoms with Crippen LogP contribution in [0.4, 0.5) is 10.8 Å². The molecule has 0 aliphatic carbocycles. The third kappa shape index (κ3) is 6.10. The molecule has 1 atom stereocenters. The smallest absolute Gasteiger partial charge is 0.213 e. The van der Waals surface area contributed by atoms with E-state index in [1.807, 2.05) is 36.0 Å². The zero-order valence-corrected chi connectivity index (χ0v) is 17.7. The molecular formula is C22H27N5OS. The van der Waals surface area contributed by atoms with Crippen LogP contribution in [-0.2, 0) is 11.3 Å². The second kappa shape index (κ2) is 10.7. The summed E-state index contributed by atoms with van der Waals surface area (Å²) >= 11 is 1.48. The molecule has 1 saturated heterocycles. The van der Waals surface area contributed by atoms with E-state index in [4.69, 9.17) is 0 Å². The Labute approximate surface area is 176 Å². The van der Waals surface area contributed by atoms with Crippen molar-refractivity contribution in [2.75, 3.05) is 30.9 Å². The first-order valence-electron chi connectivity index (χ1n) is 9.68. The van der Waals surface area contributed by atoms with Crippen LogP contribution in [-0.4, -0.2) is 41.9 Å². The van der Waals surface area contributed by atoms with Gasteiger partial charge < -0.3 is 15.1 Å². The van der Waals surface area contributed by atoms with Crippen molar-refractivity contribution in [1.82, 2.24) is 14.9 Å². The van der Waals surface area contributed by atoms with Crippen LogP contribution in [0, 0.1) is 0 Å². The average molecular weight is 410 g/mol. The van der Waals surface area contributed by atoms with Crippen LogP contribution in [0.3, 0.4) is 0 Å². The number of nitrogens with one attached hydrogen (secondary N) is 1. The van der Waals surface area contributed by atoms with Gasteiger partial charge in [0.25, 0.3) is 0 Å². The molecule has 7 heteroatoms. The third-order valence-electron chi connectivity index (χ3n) is 4.63. The van der Waals surface area contributed by atoms with Gasteiger partial charge in [0, 0.05) is 36.6 Å². The summed E-state index contributed by atoms with van der Waals surface area (Å²) in [7, 11) is 4.11. The maximum Gasteiger partial charge on any atom is 0.213 e. The minimum atomic E-state index is 0.320. The number of hydrogen-bond donors (Lipinski definition) is 1. The number of aromatic nitrogens is 2. The van der Waals surface area contributed by atoms with E-state index in [1.165, 1.54) is 29.0 Å². The van der Waals surface area contributed by atoms with E-state index in [0.717, 1.165) is 25.2 Å². The highest BCUT2D eigenvalue weighted by atomic mass is 32.1. The Morgan fingerprint density at radius 1 is 1.21 bits per heavy atom. The zero-order chi connectivity index (χ0) is 20.5. The van der Waals surface area contributed by atoms with Gasteiger partial charge in [-0.1, -0.05) is 18.2 Å². The van der Waals surface area contributed by atoms with Crippen molar-refractivity contribution < 1.29 is 4.79 Å². The number of nitrogens with zero attached hydrogens (tertiary/aromatic N) is 4. The molecule has 0 spiro atoms. The number of carbonyl (C=O) groups excluding carboxylic acids is 1. The van der Waals surface area contributed by atoms with Crippen molar-refractivity contribution in [3.8, 4) is 0 Å². The van der Waals surface area contributed by atoms with Crippen molar-refractivity contribution in [1.29, 1.82) is 0 Å². The van der Waals surface area contributed by atoms with E-state index in [9.17, 15) is 4.79 Å². The van der Waals surface area contributed by atoms with Crippen molar-refractivity contribution >= 4 is 28.6 Å². The highest BCUT2D eigenvalue weighted by Crippen LogP contribution is 2.36. The fourth-order valence-electron chi connectivity index (χ4n) is 3.41. The van der Waals surface area contributed by atoms with Crippen LogP contribution in [0.1, 0.15) is 30.1 Å². The standard InChI is InChI=1S/C14H15N3OS.C8H12N2/c18-10-15-14-16-12(9-19-14)13-7-4-8-17(13)11-5-2-1-3-6-11;1-10(2)7-8-3-5-9-6-4-8/h1-3,5-6,9-10,13H,4,7-8H2,(H,15,16,18);3-6H,7H2,1-2H3. The van der Waals surface area contributed by atoms with Gasteiger partial charge in [0.2, 0.25) is 6.41 Å². The largest absolute Gasteiger partial charge is 0.363 e. The molecule has 1 amide bonds. The molecule has 0 saturated carbocycles. The van der Waals surface area contributed by atoms with Gasteiger partial charge in [-0.3, -0.25) is 9.78 Å². The lowest BCUT2D eigenvalue weighted by atomic mass is 10.1. The normalized spacial score (nSPS) is 15.7. The van der Waals surface area contributed by atoms with Crippen LogP contribution < -0.4 is 10.2 Å². The Morgan fingerprint density at radius 3 is 2.66 bits per heavy atom. The van der Waals surface area contributed by atoms with Crippen molar-refractivity contribution in [3.63, 3.8) is 0 Å². The Bertz CT molecular complexity index is 869. The van der Waals surface area contributed by atoms with Gasteiger partial charge in [-0.05, 0) is 56.8 Å². The monoisotopic (exact) mass is 409 g/mol. The number of pyridine rings is 1. The number of hydrogen-bond acceptors (Lipinski definition) is 6. The first kappa shape index (κ1) is 21.0. The van der Waals surface area contributed by atoms with Crippen LogP contribution in [0.5, 0.6) is 0 Å². The lowest BCUT2D eigenvalue weighted by Gasteiger charge is -2.25. The van der Waals surface area contributed by atoms with Crippen molar-refractivity contribution in [2.24, 2.45) is 0 Å². The molecule has 0 bridgehead atoms. The fourth-order valence-corrected chi connectivity index (χ4v) is 4.13. The van der Waals surface area contributed by atoms with E-state index >= 15 is 0 Å². The summed E-state index contributed by atoms with van der Waals surface area (Å²) in [5.41, 5.74) is 3.60. The number of amides is 1. The highest BCUT2D eigenvalue weighted by molar-refractivity contribution is 7.13. The Balaban J connectivity index is 0.000000204. The number of thiazole rings is 1. The molecule has 29 heavy (non-hydrogen) atoms. The second-order valence-electron chi connectivity index (χ2n) is 7.12. The Morgan fingerprint density at radius 2 is 1.97 bits per heavy atom. The molecular weight excluding hydrogens is 382 g/mol. The summed E-state index contributed by atoms with van der Waals surface area (Å²) in [4.78, 5) is 23.4. The van der Waals surface area contributed by atoms with E-state index in [2.05, 4.69) is 63.4 Å². The van der Waals surface area contributed by atoms with Crippen molar-refractivity contribution in [2.45, 2.75) is 25.4 Å². The second-order valence-corrected chi connectivity index (χ2v) is 7.98. The molecule has 1 fully saturated rings. The van der Waals surface area contributed by atoms with Crippen LogP contribution in [0.25, 0.3) is 0 Å². The van der Waals surface area contributed by atoms with Crippen LogP contribution >= 0.6 is 11.3 Å². The third-order valence-corrected chi connectivity index (χ3v) is 5.43. The molecule has 6 nitrogen and oxygen atoms in total. The van der Waals surface area contributed by atoms with Crippen LogP contribution in [0.15, 0.2) is 60.2 Å². The zero-order valence-electron chi connectivity index (χ0n) is 16.9.